The van der Waals surface area contributed by atoms with Crippen LogP contribution in [-0.4, -0.2) is 23.1 Å². The quantitative estimate of drug-likeness (QED) is 0.645. The van der Waals surface area contributed by atoms with E-state index in [0.717, 1.165) is 4.88 Å². The first kappa shape index (κ1) is 16.4. The fraction of sp³-hybridized carbons (Fsp3) is 0.500. The Balaban J connectivity index is 2.37. The van der Waals surface area contributed by atoms with Crippen molar-refractivity contribution in [2.24, 2.45) is 5.10 Å². The van der Waals surface area contributed by atoms with Crippen molar-refractivity contribution in [3.05, 3.63) is 22.4 Å². The third-order valence-corrected chi connectivity index (χ3v) is 3.09. The van der Waals surface area contributed by atoms with Gasteiger partial charge in [0.25, 0.3) is 0 Å². The largest absolute Gasteiger partial charge is 0.351 e. The normalized spacial score (nSPS) is 12.1. The van der Waals surface area contributed by atoms with Crippen LogP contribution in [0.4, 0.5) is 0 Å². The molecule has 0 saturated carbocycles. The van der Waals surface area contributed by atoms with E-state index in [4.69, 9.17) is 0 Å². The number of hydrazone groups is 1. The van der Waals surface area contributed by atoms with Crippen molar-refractivity contribution in [1.29, 1.82) is 0 Å². The van der Waals surface area contributed by atoms with E-state index in [2.05, 4.69) is 15.8 Å². The Morgan fingerprint density at radius 1 is 1.30 bits per heavy atom. The van der Waals surface area contributed by atoms with Crippen molar-refractivity contribution < 1.29 is 9.59 Å². The van der Waals surface area contributed by atoms with E-state index in [-0.39, 0.29) is 23.8 Å². The molecule has 0 saturated heterocycles. The zero-order valence-corrected chi connectivity index (χ0v) is 13.1. The van der Waals surface area contributed by atoms with Crippen LogP contribution in [0, 0.1) is 0 Å². The van der Waals surface area contributed by atoms with Crippen molar-refractivity contribution >= 4 is 28.9 Å². The summed E-state index contributed by atoms with van der Waals surface area (Å²) >= 11 is 1.53. The fourth-order valence-electron chi connectivity index (χ4n) is 1.50. The van der Waals surface area contributed by atoms with Gasteiger partial charge in [-0.3, -0.25) is 9.59 Å². The second kappa shape index (κ2) is 7.19. The molecule has 0 aliphatic carbocycles. The summed E-state index contributed by atoms with van der Waals surface area (Å²) in [5.41, 5.74) is 2.78. The first-order chi connectivity index (χ1) is 9.26. The van der Waals surface area contributed by atoms with Gasteiger partial charge in [0, 0.05) is 16.1 Å². The molecule has 5 nitrogen and oxygen atoms in total. The summed E-state index contributed by atoms with van der Waals surface area (Å²) in [4.78, 5) is 24.3. The number of carbonyl (C=O) groups excluding carboxylic acids is 2. The summed E-state index contributed by atoms with van der Waals surface area (Å²) in [5.74, 6) is -0.283. The molecule has 1 aromatic rings. The van der Waals surface area contributed by atoms with Gasteiger partial charge in [0.15, 0.2) is 0 Å². The number of nitrogens with zero attached hydrogens (tertiary/aromatic N) is 1. The van der Waals surface area contributed by atoms with Crippen LogP contribution in [0.2, 0.25) is 0 Å². The zero-order valence-electron chi connectivity index (χ0n) is 12.3. The summed E-state index contributed by atoms with van der Waals surface area (Å²) in [5, 5.41) is 8.70. The smallest absolute Gasteiger partial charge is 0.245 e. The van der Waals surface area contributed by atoms with E-state index in [1.165, 1.54) is 11.3 Å². The molecule has 2 N–H and O–H groups in total. The Morgan fingerprint density at radius 2 is 2.00 bits per heavy atom. The number of amides is 2. The van der Waals surface area contributed by atoms with Gasteiger partial charge in [-0.25, -0.2) is 5.43 Å². The van der Waals surface area contributed by atoms with Gasteiger partial charge in [-0.15, -0.1) is 11.3 Å². The molecule has 0 atom stereocenters. The van der Waals surface area contributed by atoms with Crippen molar-refractivity contribution in [2.75, 3.05) is 0 Å². The Kier molecular flexibility index (Phi) is 5.88. The fourth-order valence-corrected chi connectivity index (χ4v) is 2.21. The van der Waals surface area contributed by atoms with Crippen LogP contribution in [0.25, 0.3) is 0 Å². The molecule has 1 rings (SSSR count). The lowest BCUT2D eigenvalue weighted by atomic mass is 10.1. The molecule has 6 heteroatoms. The first-order valence-corrected chi connectivity index (χ1v) is 7.29. The van der Waals surface area contributed by atoms with Gasteiger partial charge < -0.3 is 5.32 Å². The summed E-state index contributed by atoms with van der Waals surface area (Å²) in [6, 6.07) is 3.80. The molecule has 2 amide bonds. The maximum absolute atomic E-state index is 11.7. The first-order valence-electron chi connectivity index (χ1n) is 6.41. The van der Waals surface area contributed by atoms with Gasteiger partial charge in [-0.1, -0.05) is 6.07 Å². The third kappa shape index (κ3) is 7.04. The van der Waals surface area contributed by atoms with Crippen LogP contribution < -0.4 is 10.7 Å². The molecule has 0 aliphatic rings. The highest BCUT2D eigenvalue weighted by molar-refractivity contribution is 7.10. The van der Waals surface area contributed by atoms with Gasteiger partial charge in [-0.05, 0) is 39.1 Å². The molecule has 110 valence electrons. The summed E-state index contributed by atoms with van der Waals surface area (Å²) < 4.78 is 0. The molecular formula is C14H21N3O2S. The lowest BCUT2D eigenvalue weighted by Gasteiger charge is -2.20. The average Bonchev–Trinajstić information content (AvgIpc) is 2.76. The highest BCUT2D eigenvalue weighted by atomic mass is 32.1. The predicted molar refractivity (Wildman–Crippen MR) is 81.8 cm³/mol. The summed E-state index contributed by atoms with van der Waals surface area (Å²) in [6.07, 6.45) is 0.485. The highest BCUT2D eigenvalue weighted by Crippen LogP contribution is 2.08. The van der Waals surface area contributed by atoms with Crippen molar-refractivity contribution in [3.63, 3.8) is 0 Å². The predicted octanol–water partition coefficient (Wildman–Crippen LogP) is 2.09. The van der Waals surface area contributed by atoms with Crippen LogP contribution >= 0.6 is 11.3 Å². The van der Waals surface area contributed by atoms with E-state index in [0.29, 0.717) is 12.1 Å². The monoisotopic (exact) mass is 295 g/mol. The molecule has 0 fully saturated rings. The highest BCUT2D eigenvalue weighted by Gasteiger charge is 2.14. The number of rotatable bonds is 5. The summed E-state index contributed by atoms with van der Waals surface area (Å²) in [6.45, 7) is 7.47. The molecule has 0 unspecified atom stereocenters. The van der Waals surface area contributed by atoms with Gasteiger partial charge in [0.1, 0.15) is 0 Å². The molecule has 0 radical (unpaired) electrons. The zero-order chi connectivity index (χ0) is 15.2. The van der Waals surface area contributed by atoms with Gasteiger partial charge in [-0.2, -0.15) is 5.10 Å². The van der Waals surface area contributed by atoms with Gasteiger partial charge in [0.2, 0.25) is 11.8 Å². The van der Waals surface area contributed by atoms with E-state index in [9.17, 15) is 9.59 Å². The Bertz CT molecular complexity index is 487. The maximum atomic E-state index is 11.7. The lowest BCUT2D eigenvalue weighted by Crippen LogP contribution is -2.41. The second-order valence-electron chi connectivity index (χ2n) is 5.61. The van der Waals surface area contributed by atoms with Crippen molar-refractivity contribution in [1.82, 2.24) is 10.7 Å². The van der Waals surface area contributed by atoms with Gasteiger partial charge >= 0.3 is 0 Å². The molecule has 1 aromatic heterocycles. The molecular weight excluding hydrogens is 274 g/mol. The molecule has 0 spiro atoms. The van der Waals surface area contributed by atoms with Crippen molar-refractivity contribution in [2.45, 2.75) is 46.1 Å². The number of carbonyl (C=O) groups is 2. The standard InChI is InChI=1S/C14H21N3O2S/c1-10(8-12(18)15-14(2,3)4)16-17-13(19)9-11-6-5-7-20-11/h5-7H,8-9H2,1-4H3,(H,15,18)(H,17,19)/b16-10+. The van der Waals surface area contributed by atoms with Crippen LogP contribution in [0.15, 0.2) is 22.6 Å². The average molecular weight is 295 g/mol. The van der Waals surface area contributed by atoms with E-state index in [1.54, 1.807) is 6.92 Å². The molecule has 0 bridgehead atoms. The SMILES string of the molecule is C/C(CC(=O)NC(C)(C)C)=N\NC(=O)Cc1cccs1. The summed E-state index contributed by atoms with van der Waals surface area (Å²) in [7, 11) is 0. The number of thiophene rings is 1. The third-order valence-electron chi connectivity index (χ3n) is 2.22. The Labute approximate surface area is 123 Å². The van der Waals surface area contributed by atoms with Crippen molar-refractivity contribution in [3.8, 4) is 0 Å². The topological polar surface area (TPSA) is 70.6 Å². The number of nitrogens with one attached hydrogen (secondary N) is 2. The Morgan fingerprint density at radius 3 is 2.55 bits per heavy atom. The van der Waals surface area contributed by atoms with Crippen LogP contribution in [0.1, 0.15) is 39.0 Å². The second-order valence-corrected chi connectivity index (χ2v) is 6.65. The van der Waals surface area contributed by atoms with Crippen LogP contribution in [0.3, 0.4) is 0 Å². The number of hydrogen-bond acceptors (Lipinski definition) is 4. The van der Waals surface area contributed by atoms with E-state index in [1.807, 2.05) is 38.3 Å². The Hall–Kier alpha value is -1.69. The maximum Gasteiger partial charge on any atom is 0.245 e. The minimum atomic E-state index is -0.264. The van der Waals surface area contributed by atoms with Gasteiger partial charge in [0.05, 0.1) is 12.8 Å². The minimum absolute atomic E-state index is 0.105. The molecule has 20 heavy (non-hydrogen) atoms. The lowest BCUT2D eigenvalue weighted by molar-refractivity contribution is -0.122. The van der Waals surface area contributed by atoms with E-state index < -0.39 is 0 Å². The molecule has 1 heterocycles. The van der Waals surface area contributed by atoms with Crippen LogP contribution in [0.5, 0.6) is 0 Å². The van der Waals surface area contributed by atoms with E-state index >= 15 is 0 Å². The molecule has 0 aromatic carbocycles. The van der Waals surface area contributed by atoms with Crippen LogP contribution in [-0.2, 0) is 16.0 Å². The number of hydrogen-bond donors (Lipinski definition) is 2. The molecule has 0 aliphatic heterocycles. The minimum Gasteiger partial charge on any atom is -0.351 e.